The molecular weight excluding hydrogens is 491 g/mol. The molecule has 0 atom stereocenters. The average molecular weight is 518 g/mol. The number of likely N-dealkylation sites (tertiary alicyclic amines) is 1. The van der Waals surface area contributed by atoms with Crippen LogP contribution in [0, 0.1) is 0 Å². The number of aromatic amines is 1. The van der Waals surface area contributed by atoms with Gasteiger partial charge in [-0.05, 0) is 57.2 Å². The lowest BCUT2D eigenvalue weighted by molar-refractivity contribution is -0.139. The van der Waals surface area contributed by atoms with E-state index >= 15 is 0 Å². The van der Waals surface area contributed by atoms with Crippen LogP contribution in [0.2, 0.25) is 0 Å². The summed E-state index contributed by atoms with van der Waals surface area (Å²) in [5.74, 6) is -0.274. The van der Waals surface area contributed by atoms with Gasteiger partial charge in [0.1, 0.15) is 11.6 Å². The number of H-pyrrole nitrogens is 1. The highest BCUT2D eigenvalue weighted by atomic mass is 32.1. The Bertz CT molecular complexity index is 1340. The Morgan fingerprint density at radius 1 is 1.22 bits per heavy atom. The minimum absolute atomic E-state index is 0.129. The molecule has 1 saturated heterocycles. The van der Waals surface area contributed by atoms with Crippen molar-refractivity contribution in [3.63, 3.8) is 0 Å². The predicted molar refractivity (Wildman–Crippen MR) is 133 cm³/mol. The van der Waals surface area contributed by atoms with Crippen molar-refractivity contribution < 1.29 is 18.0 Å². The van der Waals surface area contributed by atoms with Gasteiger partial charge in [0, 0.05) is 29.5 Å². The molecule has 0 saturated carbocycles. The van der Waals surface area contributed by atoms with Gasteiger partial charge in [0.15, 0.2) is 5.01 Å². The Hall–Kier alpha value is -3.38. The van der Waals surface area contributed by atoms with E-state index < -0.39 is 12.7 Å². The second-order valence-corrected chi connectivity index (χ2v) is 10.0. The monoisotopic (exact) mass is 517 g/mol. The van der Waals surface area contributed by atoms with Crippen LogP contribution in [0.15, 0.2) is 42.7 Å². The average Bonchev–Trinajstić information content (AvgIpc) is 3.59. The number of carbonyl (C=O) groups excluding carboxylic acids is 1. The summed E-state index contributed by atoms with van der Waals surface area (Å²) in [7, 11) is 2.09. The molecule has 5 rings (SSSR count). The van der Waals surface area contributed by atoms with E-state index in [0.29, 0.717) is 32.2 Å². The molecule has 36 heavy (non-hydrogen) atoms. The van der Waals surface area contributed by atoms with Crippen LogP contribution in [0.3, 0.4) is 0 Å². The molecule has 1 amide bonds. The fourth-order valence-electron chi connectivity index (χ4n) is 4.46. The molecule has 0 bridgehead atoms. The number of amides is 1. The van der Waals surface area contributed by atoms with Gasteiger partial charge >= 0.3 is 6.18 Å². The first kappa shape index (κ1) is 24.3. The molecule has 0 unspecified atom stereocenters. The van der Waals surface area contributed by atoms with Crippen LogP contribution in [0.4, 0.5) is 18.9 Å². The minimum atomic E-state index is -4.41. The third-order valence-corrected chi connectivity index (χ3v) is 7.25. The number of fused-ring (bicyclic) bond motifs is 1. The van der Waals surface area contributed by atoms with E-state index in [0.717, 1.165) is 43.0 Å². The van der Waals surface area contributed by atoms with Crippen LogP contribution in [0.25, 0.3) is 21.6 Å². The highest BCUT2D eigenvalue weighted by Crippen LogP contribution is 2.36. The number of anilines is 1. The third kappa shape index (κ3) is 5.39. The summed E-state index contributed by atoms with van der Waals surface area (Å²) in [5.41, 5.74) is 2.13. The first-order chi connectivity index (χ1) is 17.3. The second-order valence-electron chi connectivity index (χ2n) is 8.97. The summed E-state index contributed by atoms with van der Waals surface area (Å²) < 4.78 is 42.0. The zero-order valence-corrected chi connectivity index (χ0v) is 20.4. The molecule has 0 spiro atoms. The number of nitrogens with zero attached hydrogens (tertiary/aromatic N) is 4. The lowest BCUT2D eigenvalue weighted by Crippen LogP contribution is -2.36. The third-order valence-electron chi connectivity index (χ3n) is 6.31. The summed E-state index contributed by atoms with van der Waals surface area (Å²) >= 11 is 1.16. The van der Waals surface area contributed by atoms with E-state index in [1.807, 2.05) is 6.07 Å². The van der Waals surface area contributed by atoms with Crippen LogP contribution in [0.1, 0.15) is 28.2 Å². The molecule has 0 radical (unpaired) electrons. The van der Waals surface area contributed by atoms with E-state index in [9.17, 15) is 18.0 Å². The molecule has 190 valence electrons. The van der Waals surface area contributed by atoms with Gasteiger partial charge in [-0.1, -0.05) is 17.4 Å². The highest BCUT2D eigenvalue weighted by molar-refractivity contribution is 7.14. The number of nitrogens with one attached hydrogen (secondary N) is 3. The zero-order valence-electron chi connectivity index (χ0n) is 19.6. The van der Waals surface area contributed by atoms with Crippen molar-refractivity contribution >= 4 is 33.8 Å². The standard InChI is InChI=1S/C24H26F3N7OS/c1-33-9-6-16(7-10-33)30-18-3-2-4-19-17(18)11-20(34(19)14-24(25,26)27)23-32-31-21(36-23)13-29-22(35)15-5-8-28-12-15/h2-5,8,11-12,16,28,30H,6-7,9-10,13-14H2,1H3,(H,29,35). The van der Waals surface area contributed by atoms with Crippen molar-refractivity contribution in [2.24, 2.45) is 0 Å². The number of rotatable bonds is 7. The fourth-order valence-corrected chi connectivity index (χ4v) is 5.27. The van der Waals surface area contributed by atoms with Gasteiger partial charge in [-0.15, -0.1) is 10.2 Å². The van der Waals surface area contributed by atoms with Crippen molar-refractivity contribution in [3.05, 3.63) is 53.3 Å². The minimum Gasteiger partial charge on any atom is -0.382 e. The van der Waals surface area contributed by atoms with E-state index in [1.54, 1.807) is 36.7 Å². The quantitative estimate of drug-likeness (QED) is 0.336. The van der Waals surface area contributed by atoms with E-state index in [2.05, 4.69) is 37.8 Å². The predicted octanol–water partition coefficient (Wildman–Crippen LogP) is 4.49. The molecule has 0 aliphatic carbocycles. The summed E-state index contributed by atoms with van der Waals surface area (Å²) in [6, 6.07) is 9.04. The number of hydrogen-bond acceptors (Lipinski definition) is 6. The van der Waals surface area contributed by atoms with Crippen molar-refractivity contribution in [2.45, 2.75) is 38.1 Å². The van der Waals surface area contributed by atoms with Crippen LogP contribution < -0.4 is 10.6 Å². The van der Waals surface area contributed by atoms with Gasteiger partial charge in [0.2, 0.25) is 0 Å². The zero-order chi connectivity index (χ0) is 25.3. The molecular formula is C24H26F3N7OS. The van der Waals surface area contributed by atoms with Crippen LogP contribution in [0.5, 0.6) is 0 Å². The number of carbonyl (C=O) groups is 1. The second kappa shape index (κ2) is 9.94. The molecule has 3 N–H and O–H groups in total. The fraction of sp³-hybridized carbons (Fsp3) is 0.375. The van der Waals surface area contributed by atoms with Gasteiger partial charge in [-0.2, -0.15) is 13.2 Å². The maximum atomic E-state index is 13.6. The maximum Gasteiger partial charge on any atom is 0.406 e. The largest absolute Gasteiger partial charge is 0.406 e. The Morgan fingerprint density at radius 2 is 2.03 bits per heavy atom. The lowest BCUT2D eigenvalue weighted by Gasteiger charge is -2.30. The van der Waals surface area contributed by atoms with Crippen molar-refractivity contribution in [1.29, 1.82) is 0 Å². The molecule has 1 aliphatic rings. The molecule has 4 heterocycles. The Labute approximate surface area is 209 Å². The maximum absolute atomic E-state index is 13.6. The molecule has 12 heteroatoms. The number of benzene rings is 1. The van der Waals surface area contributed by atoms with Gasteiger partial charge < -0.3 is 25.1 Å². The van der Waals surface area contributed by atoms with Gasteiger partial charge in [0.05, 0.1) is 23.3 Å². The molecule has 4 aromatic rings. The summed E-state index contributed by atoms with van der Waals surface area (Å²) in [6.45, 7) is 0.942. The van der Waals surface area contributed by atoms with Gasteiger partial charge in [0.25, 0.3) is 5.91 Å². The smallest absolute Gasteiger partial charge is 0.382 e. The van der Waals surface area contributed by atoms with E-state index in [4.69, 9.17) is 0 Å². The van der Waals surface area contributed by atoms with Gasteiger partial charge in [-0.25, -0.2) is 0 Å². The molecule has 1 aliphatic heterocycles. The Kier molecular flexibility index (Phi) is 6.71. The SMILES string of the molecule is CN1CCC(Nc2cccc3c2cc(-c2nnc(CNC(=O)c4cc[nH]c4)s2)n3CC(F)(F)F)CC1. The van der Waals surface area contributed by atoms with Crippen molar-refractivity contribution in [2.75, 3.05) is 25.5 Å². The van der Waals surface area contributed by atoms with Crippen molar-refractivity contribution in [1.82, 2.24) is 30.0 Å². The van der Waals surface area contributed by atoms with E-state index in [1.165, 1.54) is 4.57 Å². The molecule has 3 aromatic heterocycles. The van der Waals surface area contributed by atoms with Gasteiger partial charge in [-0.3, -0.25) is 4.79 Å². The summed E-state index contributed by atoms with van der Waals surface area (Å²) in [5, 5.41) is 16.2. The number of hydrogen-bond donors (Lipinski definition) is 3. The Morgan fingerprint density at radius 3 is 2.75 bits per heavy atom. The van der Waals surface area contributed by atoms with Crippen LogP contribution >= 0.6 is 11.3 Å². The first-order valence-corrected chi connectivity index (χ1v) is 12.5. The summed E-state index contributed by atoms with van der Waals surface area (Å²) in [4.78, 5) is 17.3. The molecule has 1 fully saturated rings. The molecule has 8 nitrogen and oxygen atoms in total. The van der Waals surface area contributed by atoms with Crippen molar-refractivity contribution in [3.8, 4) is 10.7 Å². The number of aromatic nitrogens is 4. The van der Waals surface area contributed by atoms with E-state index in [-0.39, 0.29) is 18.5 Å². The lowest BCUT2D eigenvalue weighted by atomic mass is 10.0. The normalized spacial score (nSPS) is 15.4. The van der Waals surface area contributed by atoms with Crippen LogP contribution in [-0.4, -0.2) is 62.9 Å². The number of alkyl halides is 3. The number of piperidine rings is 1. The first-order valence-electron chi connectivity index (χ1n) is 11.6. The Balaban J connectivity index is 1.43. The molecule has 1 aromatic carbocycles. The number of halogens is 3. The highest BCUT2D eigenvalue weighted by Gasteiger charge is 2.31. The topological polar surface area (TPSA) is 90.9 Å². The summed E-state index contributed by atoms with van der Waals surface area (Å²) in [6.07, 6.45) is 0.755. The van der Waals surface area contributed by atoms with Crippen LogP contribution in [-0.2, 0) is 13.1 Å².